The van der Waals surface area contributed by atoms with Crippen molar-refractivity contribution in [2.45, 2.75) is 25.7 Å². The van der Waals surface area contributed by atoms with E-state index in [-0.39, 0.29) is 6.03 Å². The number of nitrogens with one attached hydrogen (secondary N) is 1. The van der Waals surface area contributed by atoms with E-state index in [2.05, 4.69) is 42.7 Å². The Bertz CT molecular complexity index is 807. The van der Waals surface area contributed by atoms with Crippen molar-refractivity contribution in [3.05, 3.63) is 60.2 Å². The lowest BCUT2D eigenvalue weighted by atomic mass is 9.89. The predicted octanol–water partition coefficient (Wildman–Crippen LogP) is 5.05. The van der Waals surface area contributed by atoms with Crippen LogP contribution in [0, 0.1) is 5.92 Å². The molecule has 162 valence electrons. The Morgan fingerprint density at radius 3 is 2.60 bits per heavy atom. The van der Waals surface area contributed by atoms with Crippen molar-refractivity contribution >= 4 is 34.6 Å². The first-order valence-corrected chi connectivity index (χ1v) is 11.7. The molecule has 0 aliphatic carbocycles. The van der Waals surface area contributed by atoms with Gasteiger partial charge in [0.25, 0.3) is 0 Å². The number of likely N-dealkylation sites (tertiary alicyclic amines) is 1. The highest BCUT2D eigenvalue weighted by atomic mass is 127. The minimum Gasteiger partial charge on any atom is -0.497 e. The van der Waals surface area contributed by atoms with E-state index >= 15 is 0 Å². The maximum Gasteiger partial charge on any atom is 0.330 e. The van der Waals surface area contributed by atoms with Gasteiger partial charge in [0, 0.05) is 19.0 Å². The summed E-state index contributed by atoms with van der Waals surface area (Å²) in [5.41, 5.74) is 2.27. The number of benzene rings is 2. The number of urea groups is 1. The molecule has 1 fully saturated rings. The Morgan fingerprint density at radius 1 is 1.17 bits per heavy atom. The molecule has 2 aromatic rings. The smallest absolute Gasteiger partial charge is 0.330 e. The maximum atomic E-state index is 12.5. The van der Waals surface area contributed by atoms with Crippen LogP contribution in [-0.2, 0) is 6.42 Å². The van der Waals surface area contributed by atoms with Crippen molar-refractivity contribution in [3.63, 3.8) is 0 Å². The summed E-state index contributed by atoms with van der Waals surface area (Å²) in [6.07, 6.45) is 4.77. The molecule has 0 unspecified atom stereocenters. The zero-order chi connectivity index (χ0) is 21.4. The molecular weight excluding hydrogens is 489 g/mol. The number of hydrogen-bond donors (Lipinski definition) is 1. The second-order valence-electron chi connectivity index (χ2n) is 8.49. The molecule has 30 heavy (non-hydrogen) atoms. The molecule has 1 heterocycles. The van der Waals surface area contributed by atoms with Gasteiger partial charge in [-0.15, -0.1) is 0 Å². The molecule has 2 aromatic carbocycles. The van der Waals surface area contributed by atoms with Crippen molar-refractivity contribution in [3.8, 4) is 5.75 Å². The molecule has 1 aliphatic heterocycles. The van der Waals surface area contributed by atoms with Crippen molar-refractivity contribution in [2.24, 2.45) is 5.92 Å². The Kier molecular flexibility index (Phi) is 8.39. The Morgan fingerprint density at radius 2 is 1.90 bits per heavy atom. The highest BCUT2D eigenvalue weighted by Crippen LogP contribution is 2.26. The van der Waals surface area contributed by atoms with Crippen LogP contribution in [0.25, 0.3) is 0 Å². The van der Waals surface area contributed by atoms with Gasteiger partial charge in [0.05, 0.1) is 62.3 Å². The Hall–Kier alpha value is -1.80. The maximum absolute atomic E-state index is 12.5. The highest BCUT2D eigenvalue weighted by molar-refractivity contribution is 14.1. The van der Waals surface area contributed by atoms with Crippen LogP contribution in [0.2, 0.25) is 0 Å². The Labute approximate surface area is 194 Å². The summed E-state index contributed by atoms with van der Waals surface area (Å²) in [5.74, 6) is 1.55. The molecular formula is C24H33IN3O2+. The molecule has 0 aromatic heterocycles. The Balaban J connectivity index is 1.37. The fraction of sp³-hybridized carbons (Fsp3) is 0.458. The minimum absolute atomic E-state index is 0.0897. The number of carbonyl (C=O) groups is 1. The van der Waals surface area contributed by atoms with Crippen LogP contribution in [0.4, 0.5) is 10.5 Å². The summed E-state index contributed by atoms with van der Waals surface area (Å²) >= 11 is 2.04. The molecule has 1 N–H and O–H groups in total. The van der Waals surface area contributed by atoms with Gasteiger partial charge in [-0.3, -0.25) is 0 Å². The largest absolute Gasteiger partial charge is 0.497 e. The summed E-state index contributed by atoms with van der Waals surface area (Å²) < 4.78 is 7.96. The number of piperidine rings is 1. The van der Waals surface area contributed by atoms with Crippen LogP contribution in [0.15, 0.2) is 54.6 Å². The van der Waals surface area contributed by atoms with E-state index in [1.54, 1.807) is 10.2 Å². The number of methoxy groups -OCH3 is 1. The highest BCUT2D eigenvalue weighted by Gasteiger charge is 2.29. The number of nitrogens with zero attached hydrogens (tertiary/aromatic N) is 2. The molecule has 1 aliphatic rings. The van der Waals surface area contributed by atoms with Gasteiger partial charge in [-0.2, -0.15) is 0 Å². The quantitative estimate of drug-likeness (QED) is 0.228. The number of rotatable bonds is 8. The predicted molar refractivity (Wildman–Crippen MR) is 131 cm³/mol. The molecule has 0 bridgehead atoms. The van der Waals surface area contributed by atoms with Crippen LogP contribution in [0.5, 0.6) is 5.75 Å². The average molecular weight is 522 g/mol. The molecule has 6 heteroatoms. The van der Waals surface area contributed by atoms with Gasteiger partial charge in [-0.25, -0.2) is 7.91 Å². The molecule has 2 amide bonds. The molecule has 0 atom stereocenters. The SMILES string of the molecule is COc1cccc(N(I)C(=O)NCCC[N+]2(C)CCC(Cc3ccccc3)CC2)c1. The third kappa shape index (κ3) is 6.60. The summed E-state index contributed by atoms with van der Waals surface area (Å²) in [6, 6.07) is 18.3. The summed E-state index contributed by atoms with van der Waals surface area (Å²) in [7, 11) is 3.99. The molecule has 3 rings (SSSR count). The van der Waals surface area contributed by atoms with E-state index in [9.17, 15) is 4.79 Å². The van der Waals surface area contributed by atoms with Crippen LogP contribution < -0.4 is 13.2 Å². The fourth-order valence-electron chi connectivity index (χ4n) is 4.20. The standard InChI is InChI=1S/C24H32IN3O2/c1-28(16-12-21(13-17-28)18-20-8-4-3-5-9-20)15-7-14-26-24(29)27(25)22-10-6-11-23(19-22)30-2/h3-6,8-11,19,21H,7,12-18H2,1-2H3/p+1. The number of ether oxygens (including phenoxy) is 1. The van der Waals surface area contributed by atoms with Crippen molar-refractivity contribution < 1.29 is 14.0 Å². The summed E-state index contributed by atoms with van der Waals surface area (Å²) in [4.78, 5) is 12.5. The van der Waals surface area contributed by atoms with E-state index < -0.39 is 0 Å². The third-order valence-electron chi connectivity index (χ3n) is 6.13. The number of hydrogen-bond acceptors (Lipinski definition) is 2. The van der Waals surface area contributed by atoms with Gasteiger partial charge in [-0.05, 0) is 42.9 Å². The first-order valence-electron chi connectivity index (χ1n) is 10.7. The number of anilines is 1. The van der Waals surface area contributed by atoms with Crippen LogP contribution in [0.3, 0.4) is 0 Å². The number of amides is 2. The molecule has 1 saturated heterocycles. The fourth-order valence-corrected chi connectivity index (χ4v) is 4.67. The lowest BCUT2D eigenvalue weighted by Crippen LogP contribution is -2.51. The zero-order valence-electron chi connectivity index (χ0n) is 18.0. The summed E-state index contributed by atoms with van der Waals surface area (Å²) in [6.45, 7) is 4.27. The van der Waals surface area contributed by atoms with E-state index in [0.717, 1.165) is 34.8 Å². The van der Waals surface area contributed by atoms with Gasteiger partial charge in [0.15, 0.2) is 0 Å². The average Bonchev–Trinajstić information content (AvgIpc) is 2.78. The van der Waals surface area contributed by atoms with Crippen LogP contribution >= 0.6 is 22.9 Å². The molecule has 0 saturated carbocycles. The third-order valence-corrected chi connectivity index (χ3v) is 7.13. The van der Waals surface area contributed by atoms with Crippen molar-refractivity contribution in [1.29, 1.82) is 0 Å². The molecule has 0 radical (unpaired) electrons. The second kappa shape index (κ2) is 11.0. The van der Waals surface area contributed by atoms with Gasteiger partial charge >= 0.3 is 6.03 Å². The monoisotopic (exact) mass is 522 g/mol. The van der Waals surface area contributed by atoms with E-state index in [4.69, 9.17) is 4.74 Å². The molecule has 0 spiro atoms. The van der Waals surface area contributed by atoms with Gasteiger partial charge in [0.2, 0.25) is 0 Å². The van der Waals surface area contributed by atoms with Gasteiger partial charge < -0.3 is 14.5 Å². The number of quaternary nitrogens is 1. The van der Waals surface area contributed by atoms with E-state index in [0.29, 0.717) is 6.54 Å². The van der Waals surface area contributed by atoms with Crippen LogP contribution in [0.1, 0.15) is 24.8 Å². The van der Waals surface area contributed by atoms with Crippen LogP contribution in [-0.4, -0.2) is 50.9 Å². The van der Waals surface area contributed by atoms with Crippen molar-refractivity contribution in [2.75, 3.05) is 43.4 Å². The first-order chi connectivity index (χ1) is 14.5. The van der Waals surface area contributed by atoms with Gasteiger partial charge in [0.1, 0.15) is 5.75 Å². The van der Waals surface area contributed by atoms with Gasteiger partial charge in [-0.1, -0.05) is 36.4 Å². The van der Waals surface area contributed by atoms with E-state index in [1.165, 1.54) is 37.9 Å². The lowest BCUT2D eigenvalue weighted by molar-refractivity contribution is -0.915. The normalized spacial score (nSPS) is 21.1. The van der Waals surface area contributed by atoms with Crippen molar-refractivity contribution in [1.82, 2.24) is 5.32 Å². The zero-order valence-corrected chi connectivity index (χ0v) is 20.2. The van der Waals surface area contributed by atoms with E-state index in [1.807, 2.05) is 47.1 Å². The summed E-state index contributed by atoms with van der Waals surface area (Å²) in [5, 5.41) is 3.05. The minimum atomic E-state index is -0.0897. The first kappa shape index (κ1) is 22.9. The lowest BCUT2D eigenvalue weighted by Gasteiger charge is -2.41. The number of halogens is 1. The molecule has 5 nitrogen and oxygen atoms in total. The topological polar surface area (TPSA) is 41.6 Å². The second-order valence-corrected chi connectivity index (χ2v) is 9.46. The number of carbonyl (C=O) groups excluding carboxylic acids is 1.